The second kappa shape index (κ2) is 7.04. The van der Waals surface area contributed by atoms with Crippen molar-refractivity contribution in [1.82, 2.24) is 0 Å². The Morgan fingerprint density at radius 1 is 1.04 bits per heavy atom. The number of hydrogen-bond acceptors (Lipinski definition) is 4. The summed E-state index contributed by atoms with van der Waals surface area (Å²) in [5.41, 5.74) is 0.959. The van der Waals surface area contributed by atoms with Crippen LogP contribution in [0.3, 0.4) is 0 Å². The third-order valence-corrected chi connectivity index (χ3v) is 3.61. The van der Waals surface area contributed by atoms with Crippen LogP contribution in [-0.2, 0) is 0 Å². The molecule has 126 valence electrons. The maximum absolute atomic E-state index is 11.7. The molecule has 2 aromatic rings. The van der Waals surface area contributed by atoms with Gasteiger partial charge in [0.1, 0.15) is 0 Å². The third kappa shape index (κ3) is 3.17. The first-order valence-electron chi connectivity index (χ1n) is 7.32. The number of benzene rings is 2. The molecule has 0 aromatic heterocycles. The molecule has 0 aliphatic carbocycles. The molecular formula is C18H18O6. The molecule has 0 aliphatic rings. The van der Waals surface area contributed by atoms with Gasteiger partial charge < -0.3 is 19.7 Å². The van der Waals surface area contributed by atoms with Crippen LogP contribution in [0.15, 0.2) is 30.3 Å². The minimum atomic E-state index is -1.19. The number of methoxy groups -OCH3 is 1. The zero-order valence-electron chi connectivity index (χ0n) is 13.6. The van der Waals surface area contributed by atoms with Crippen LogP contribution >= 0.6 is 0 Å². The highest BCUT2D eigenvalue weighted by atomic mass is 16.5. The van der Waals surface area contributed by atoms with E-state index in [9.17, 15) is 19.8 Å². The highest BCUT2D eigenvalue weighted by molar-refractivity contribution is 6.06. The molecule has 2 rings (SSSR count). The Morgan fingerprint density at radius 3 is 2.29 bits per heavy atom. The van der Waals surface area contributed by atoms with E-state index in [-0.39, 0.29) is 16.7 Å². The smallest absolute Gasteiger partial charge is 0.336 e. The standard InChI is InChI=1S/C18H18O6/c1-4-24-14-9-11(6-8-13(14)23-3)16-12(17(19)20)7-5-10(2)15(16)18(21)22/h5-9H,4H2,1-3H3,(H,19,20)(H,21,22). The Morgan fingerprint density at radius 2 is 1.75 bits per heavy atom. The predicted molar refractivity (Wildman–Crippen MR) is 88.3 cm³/mol. The minimum absolute atomic E-state index is 0.0393. The van der Waals surface area contributed by atoms with Gasteiger partial charge in [-0.3, -0.25) is 0 Å². The topological polar surface area (TPSA) is 93.1 Å². The summed E-state index contributed by atoms with van der Waals surface area (Å²) in [7, 11) is 1.50. The van der Waals surface area contributed by atoms with Crippen molar-refractivity contribution in [3.8, 4) is 22.6 Å². The van der Waals surface area contributed by atoms with Gasteiger partial charge in [0.15, 0.2) is 11.5 Å². The van der Waals surface area contributed by atoms with Gasteiger partial charge >= 0.3 is 11.9 Å². The molecule has 0 saturated carbocycles. The van der Waals surface area contributed by atoms with Crippen LogP contribution in [0.4, 0.5) is 0 Å². The van der Waals surface area contributed by atoms with Crippen molar-refractivity contribution >= 4 is 11.9 Å². The first-order chi connectivity index (χ1) is 11.4. The molecule has 24 heavy (non-hydrogen) atoms. The minimum Gasteiger partial charge on any atom is -0.493 e. The van der Waals surface area contributed by atoms with Crippen molar-refractivity contribution in [3.63, 3.8) is 0 Å². The van der Waals surface area contributed by atoms with Crippen LogP contribution in [0.25, 0.3) is 11.1 Å². The van der Waals surface area contributed by atoms with E-state index in [1.54, 1.807) is 25.1 Å². The summed E-state index contributed by atoms with van der Waals surface area (Å²) in [5.74, 6) is -1.46. The highest BCUT2D eigenvalue weighted by Gasteiger charge is 2.23. The van der Waals surface area contributed by atoms with Gasteiger partial charge in [0.25, 0.3) is 0 Å². The molecule has 0 fully saturated rings. The Labute approximate surface area is 139 Å². The quantitative estimate of drug-likeness (QED) is 0.842. The molecule has 0 heterocycles. The number of aryl methyl sites for hydroxylation is 1. The highest BCUT2D eigenvalue weighted by Crippen LogP contribution is 2.36. The van der Waals surface area contributed by atoms with E-state index < -0.39 is 11.9 Å². The lowest BCUT2D eigenvalue weighted by Crippen LogP contribution is -2.09. The third-order valence-electron chi connectivity index (χ3n) is 3.61. The summed E-state index contributed by atoms with van der Waals surface area (Å²) in [6.07, 6.45) is 0. The van der Waals surface area contributed by atoms with Gasteiger partial charge in [-0.05, 0) is 43.2 Å². The summed E-state index contributed by atoms with van der Waals surface area (Å²) in [5, 5.41) is 19.0. The van der Waals surface area contributed by atoms with Gasteiger partial charge in [-0.15, -0.1) is 0 Å². The van der Waals surface area contributed by atoms with Crippen LogP contribution < -0.4 is 9.47 Å². The molecule has 0 spiro atoms. The van der Waals surface area contributed by atoms with E-state index in [4.69, 9.17) is 9.47 Å². The Bertz CT molecular complexity index is 794. The molecule has 2 N–H and O–H groups in total. The maximum Gasteiger partial charge on any atom is 0.336 e. The monoisotopic (exact) mass is 330 g/mol. The average molecular weight is 330 g/mol. The van der Waals surface area contributed by atoms with Gasteiger partial charge in [0, 0.05) is 5.56 Å². The van der Waals surface area contributed by atoms with Gasteiger partial charge in [-0.25, -0.2) is 9.59 Å². The Balaban J connectivity index is 2.79. The fourth-order valence-corrected chi connectivity index (χ4v) is 2.56. The summed E-state index contributed by atoms with van der Waals surface area (Å²) in [6.45, 7) is 3.83. The summed E-state index contributed by atoms with van der Waals surface area (Å²) < 4.78 is 10.7. The van der Waals surface area contributed by atoms with E-state index in [0.717, 1.165) is 0 Å². The van der Waals surface area contributed by atoms with Crippen LogP contribution in [-0.4, -0.2) is 35.9 Å². The molecular weight excluding hydrogens is 312 g/mol. The molecule has 0 aliphatic heterocycles. The molecule has 0 radical (unpaired) electrons. The fourth-order valence-electron chi connectivity index (χ4n) is 2.56. The molecule has 0 amide bonds. The number of ether oxygens (including phenoxy) is 2. The summed E-state index contributed by atoms with van der Waals surface area (Å²) >= 11 is 0. The first-order valence-corrected chi connectivity index (χ1v) is 7.32. The maximum atomic E-state index is 11.7. The van der Waals surface area contributed by atoms with Crippen molar-refractivity contribution in [3.05, 3.63) is 47.0 Å². The normalized spacial score (nSPS) is 10.3. The summed E-state index contributed by atoms with van der Waals surface area (Å²) in [6, 6.07) is 7.73. The predicted octanol–water partition coefficient (Wildman–Crippen LogP) is 3.47. The molecule has 0 unspecified atom stereocenters. The van der Waals surface area contributed by atoms with Crippen LogP contribution in [0.5, 0.6) is 11.5 Å². The van der Waals surface area contributed by atoms with Crippen molar-refractivity contribution in [2.24, 2.45) is 0 Å². The SMILES string of the molecule is CCOc1cc(-c2c(C(=O)O)ccc(C)c2C(=O)O)ccc1OC. The zero-order chi connectivity index (χ0) is 17.9. The molecule has 6 nitrogen and oxygen atoms in total. The van der Waals surface area contributed by atoms with Crippen molar-refractivity contribution < 1.29 is 29.3 Å². The second-order valence-electron chi connectivity index (χ2n) is 5.09. The molecule has 6 heteroatoms. The lowest BCUT2D eigenvalue weighted by Gasteiger charge is -2.15. The number of carboxylic acid groups (broad SMARTS) is 2. The number of aromatic carboxylic acids is 2. The van der Waals surface area contributed by atoms with Crippen LogP contribution in [0.1, 0.15) is 33.2 Å². The van der Waals surface area contributed by atoms with E-state index in [1.807, 2.05) is 6.92 Å². The van der Waals surface area contributed by atoms with Gasteiger partial charge in [-0.2, -0.15) is 0 Å². The van der Waals surface area contributed by atoms with E-state index in [0.29, 0.717) is 29.2 Å². The molecule has 2 aromatic carbocycles. The lowest BCUT2D eigenvalue weighted by molar-refractivity contribution is 0.0695. The van der Waals surface area contributed by atoms with E-state index in [2.05, 4.69) is 0 Å². The van der Waals surface area contributed by atoms with Crippen molar-refractivity contribution in [2.75, 3.05) is 13.7 Å². The molecule has 0 bridgehead atoms. The second-order valence-corrected chi connectivity index (χ2v) is 5.09. The number of carboxylic acids is 2. The van der Waals surface area contributed by atoms with Crippen molar-refractivity contribution in [1.29, 1.82) is 0 Å². The van der Waals surface area contributed by atoms with E-state index in [1.165, 1.54) is 19.2 Å². The van der Waals surface area contributed by atoms with Crippen LogP contribution in [0.2, 0.25) is 0 Å². The first kappa shape index (κ1) is 17.3. The largest absolute Gasteiger partial charge is 0.493 e. The molecule has 0 atom stereocenters. The van der Waals surface area contributed by atoms with Crippen molar-refractivity contribution in [2.45, 2.75) is 13.8 Å². The number of rotatable bonds is 6. The van der Waals surface area contributed by atoms with Gasteiger partial charge in [0.05, 0.1) is 24.8 Å². The number of carbonyl (C=O) groups is 2. The van der Waals surface area contributed by atoms with Gasteiger partial charge in [-0.1, -0.05) is 12.1 Å². The zero-order valence-corrected chi connectivity index (χ0v) is 13.6. The number of hydrogen-bond donors (Lipinski definition) is 2. The van der Waals surface area contributed by atoms with Crippen LogP contribution in [0, 0.1) is 6.92 Å². The Kier molecular flexibility index (Phi) is 5.08. The summed E-state index contributed by atoms with van der Waals surface area (Å²) in [4.78, 5) is 23.2. The van der Waals surface area contributed by atoms with E-state index >= 15 is 0 Å². The lowest BCUT2D eigenvalue weighted by atomic mass is 9.91. The van der Waals surface area contributed by atoms with Gasteiger partial charge in [0.2, 0.25) is 0 Å². The molecule has 0 saturated heterocycles. The Hall–Kier alpha value is -3.02. The average Bonchev–Trinajstić information content (AvgIpc) is 2.54. The fraction of sp³-hybridized carbons (Fsp3) is 0.222.